The van der Waals surface area contributed by atoms with Crippen LogP contribution in [0.4, 0.5) is 0 Å². The lowest BCUT2D eigenvalue weighted by atomic mass is 10.0. The number of hydrogen-bond donors (Lipinski definition) is 0. The minimum Gasteiger partial charge on any atom is -0.490 e. The third kappa shape index (κ3) is 9.33. The maximum atomic E-state index is 12.5. The first-order valence-corrected chi connectivity index (χ1v) is 12.2. The fraction of sp³-hybridized carbons (Fsp3) is 0.536. The second-order valence-corrected chi connectivity index (χ2v) is 8.34. The van der Waals surface area contributed by atoms with Crippen molar-refractivity contribution in [3.05, 3.63) is 59.2 Å². The summed E-state index contributed by atoms with van der Waals surface area (Å²) < 4.78 is 17.0. The molecule has 4 nitrogen and oxygen atoms in total. The lowest BCUT2D eigenvalue weighted by Crippen LogP contribution is -2.12. The summed E-state index contributed by atoms with van der Waals surface area (Å²) in [6, 6.07) is 13.3. The SMILES string of the molecule is CCCCCCCCCCCOC(=O)c1ccc(OCCOc2ccccc2)c(C)c1C. The molecule has 0 heterocycles. The molecule has 0 radical (unpaired) electrons. The Kier molecular flexibility index (Phi) is 12.3. The van der Waals surface area contributed by atoms with Crippen LogP contribution in [0.25, 0.3) is 0 Å². The fourth-order valence-corrected chi connectivity index (χ4v) is 3.66. The van der Waals surface area contributed by atoms with Crippen LogP contribution < -0.4 is 9.47 Å². The van der Waals surface area contributed by atoms with Gasteiger partial charge in [-0.05, 0) is 55.7 Å². The van der Waals surface area contributed by atoms with Gasteiger partial charge in [0.2, 0.25) is 0 Å². The van der Waals surface area contributed by atoms with Crippen LogP contribution >= 0.6 is 0 Å². The molecule has 2 aromatic carbocycles. The minimum atomic E-state index is -0.246. The average Bonchev–Trinajstić information content (AvgIpc) is 2.81. The van der Waals surface area contributed by atoms with Gasteiger partial charge in [0.05, 0.1) is 12.2 Å². The van der Waals surface area contributed by atoms with Crippen LogP contribution in [0.15, 0.2) is 42.5 Å². The molecule has 2 rings (SSSR count). The molecule has 0 amide bonds. The predicted octanol–water partition coefficient (Wildman–Crippen LogP) is 7.45. The summed E-state index contributed by atoms with van der Waals surface area (Å²) in [6.45, 7) is 7.55. The molecular formula is C28H40O4. The Morgan fingerprint density at radius 2 is 1.31 bits per heavy atom. The zero-order valence-corrected chi connectivity index (χ0v) is 20.2. The number of esters is 1. The van der Waals surface area contributed by atoms with Crippen molar-refractivity contribution in [2.45, 2.75) is 78.6 Å². The van der Waals surface area contributed by atoms with Gasteiger partial charge in [0.1, 0.15) is 24.7 Å². The monoisotopic (exact) mass is 440 g/mol. The van der Waals surface area contributed by atoms with E-state index in [2.05, 4.69) is 6.92 Å². The van der Waals surface area contributed by atoms with E-state index < -0.39 is 0 Å². The van der Waals surface area contributed by atoms with E-state index in [1.54, 1.807) is 6.07 Å². The highest BCUT2D eigenvalue weighted by Gasteiger charge is 2.15. The van der Waals surface area contributed by atoms with Crippen molar-refractivity contribution >= 4 is 5.97 Å². The van der Waals surface area contributed by atoms with E-state index >= 15 is 0 Å². The first kappa shape index (κ1) is 25.8. The summed E-state index contributed by atoms with van der Waals surface area (Å²) in [5, 5.41) is 0. The van der Waals surface area contributed by atoms with Gasteiger partial charge in [0.15, 0.2) is 0 Å². The summed E-state index contributed by atoms with van der Waals surface area (Å²) in [7, 11) is 0. The Morgan fingerprint density at radius 3 is 2.00 bits per heavy atom. The molecule has 0 aromatic heterocycles. The quantitative estimate of drug-likeness (QED) is 0.201. The van der Waals surface area contributed by atoms with Crippen LogP contribution in [-0.4, -0.2) is 25.8 Å². The molecule has 0 N–H and O–H groups in total. The van der Waals surface area contributed by atoms with Crippen molar-refractivity contribution < 1.29 is 19.0 Å². The van der Waals surface area contributed by atoms with E-state index in [0.29, 0.717) is 25.4 Å². The second kappa shape index (κ2) is 15.3. The Morgan fingerprint density at radius 1 is 0.688 bits per heavy atom. The molecule has 176 valence electrons. The summed E-state index contributed by atoms with van der Waals surface area (Å²) in [4.78, 5) is 12.5. The van der Waals surface area contributed by atoms with Crippen LogP contribution in [0.3, 0.4) is 0 Å². The number of carbonyl (C=O) groups is 1. The molecule has 2 aromatic rings. The number of unbranched alkanes of at least 4 members (excludes halogenated alkanes) is 8. The summed E-state index contributed by atoms with van der Waals surface area (Å²) in [5.74, 6) is 1.35. The normalized spacial score (nSPS) is 10.7. The van der Waals surface area contributed by atoms with Crippen LogP contribution in [0.2, 0.25) is 0 Å². The number of ether oxygens (including phenoxy) is 3. The van der Waals surface area contributed by atoms with Crippen LogP contribution in [0, 0.1) is 13.8 Å². The molecule has 0 fully saturated rings. The van der Waals surface area contributed by atoms with Crippen LogP contribution in [0.5, 0.6) is 11.5 Å². The smallest absolute Gasteiger partial charge is 0.338 e. The van der Waals surface area contributed by atoms with Gasteiger partial charge in [0.25, 0.3) is 0 Å². The van der Waals surface area contributed by atoms with E-state index in [4.69, 9.17) is 14.2 Å². The summed E-state index contributed by atoms with van der Waals surface area (Å²) >= 11 is 0. The zero-order valence-electron chi connectivity index (χ0n) is 20.2. The van der Waals surface area contributed by atoms with Gasteiger partial charge in [-0.25, -0.2) is 4.79 Å². The third-order valence-electron chi connectivity index (χ3n) is 5.79. The van der Waals surface area contributed by atoms with Crippen molar-refractivity contribution in [3.63, 3.8) is 0 Å². The second-order valence-electron chi connectivity index (χ2n) is 8.34. The molecule has 0 atom stereocenters. The molecule has 4 heteroatoms. The Bertz CT molecular complexity index is 786. The Hall–Kier alpha value is -2.49. The molecule has 0 spiro atoms. The Labute approximate surface area is 194 Å². The largest absolute Gasteiger partial charge is 0.490 e. The first-order chi connectivity index (χ1) is 15.6. The molecule has 0 aliphatic heterocycles. The van der Waals surface area contributed by atoms with Gasteiger partial charge in [-0.3, -0.25) is 0 Å². The van der Waals surface area contributed by atoms with Crippen LogP contribution in [0.1, 0.15) is 86.2 Å². The van der Waals surface area contributed by atoms with Gasteiger partial charge in [-0.2, -0.15) is 0 Å². The third-order valence-corrected chi connectivity index (χ3v) is 5.79. The molecule has 0 aliphatic rings. The minimum absolute atomic E-state index is 0.246. The van der Waals surface area contributed by atoms with E-state index in [1.165, 1.54) is 44.9 Å². The van der Waals surface area contributed by atoms with Gasteiger partial charge < -0.3 is 14.2 Å². The molecule has 32 heavy (non-hydrogen) atoms. The zero-order chi connectivity index (χ0) is 23.0. The fourth-order valence-electron chi connectivity index (χ4n) is 3.66. The highest BCUT2D eigenvalue weighted by atomic mass is 16.5. The van der Waals surface area contributed by atoms with Gasteiger partial charge in [0, 0.05) is 0 Å². The van der Waals surface area contributed by atoms with E-state index in [0.717, 1.165) is 35.5 Å². The number of para-hydroxylation sites is 1. The maximum absolute atomic E-state index is 12.5. The Balaban J connectivity index is 1.66. The number of hydrogen-bond acceptors (Lipinski definition) is 4. The molecule has 0 aliphatic carbocycles. The maximum Gasteiger partial charge on any atom is 0.338 e. The van der Waals surface area contributed by atoms with E-state index in [-0.39, 0.29) is 5.97 Å². The van der Waals surface area contributed by atoms with Crippen molar-refractivity contribution in [1.29, 1.82) is 0 Å². The lowest BCUT2D eigenvalue weighted by Gasteiger charge is -2.14. The van der Waals surface area contributed by atoms with Crippen molar-refractivity contribution in [2.24, 2.45) is 0 Å². The van der Waals surface area contributed by atoms with Crippen LogP contribution in [-0.2, 0) is 4.74 Å². The number of rotatable bonds is 16. The predicted molar refractivity (Wildman–Crippen MR) is 131 cm³/mol. The molecule has 0 saturated carbocycles. The average molecular weight is 441 g/mol. The van der Waals surface area contributed by atoms with Crippen molar-refractivity contribution in [2.75, 3.05) is 19.8 Å². The summed E-state index contributed by atoms with van der Waals surface area (Å²) in [5.41, 5.74) is 2.48. The highest BCUT2D eigenvalue weighted by Crippen LogP contribution is 2.25. The number of benzene rings is 2. The highest BCUT2D eigenvalue weighted by molar-refractivity contribution is 5.91. The molecule has 0 saturated heterocycles. The van der Waals surface area contributed by atoms with E-state index in [1.807, 2.05) is 50.2 Å². The van der Waals surface area contributed by atoms with Gasteiger partial charge >= 0.3 is 5.97 Å². The summed E-state index contributed by atoms with van der Waals surface area (Å²) in [6.07, 6.45) is 11.2. The standard InChI is InChI=1S/C28H40O4/c1-4-5-6-7-8-9-10-11-15-20-32-28(29)26-18-19-27(24(3)23(26)2)31-22-21-30-25-16-13-12-14-17-25/h12-14,16-19H,4-11,15,20-22H2,1-3H3. The van der Waals surface area contributed by atoms with Gasteiger partial charge in [-0.1, -0.05) is 76.5 Å². The molecule has 0 unspecified atom stereocenters. The molecular weight excluding hydrogens is 400 g/mol. The first-order valence-electron chi connectivity index (χ1n) is 12.2. The molecule has 0 bridgehead atoms. The van der Waals surface area contributed by atoms with Crippen molar-refractivity contribution in [1.82, 2.24) is 0 Å². The van der Waals surface area contributed by atoms with Gasteiger partial charge in [-0.15, -0.1) is 0 Å². The topological polar surface area (TPSA) is 44.8 Å². The van der Waals surface area contributed by atoms with Crippen molar-refractivity contribution in [3.8, 4) is 11.5 Å². The number of carbonyl (C=O) groups excluding carboxylic acids is 1. The lowest BCUT2D eigenvalue weighted by molar-refractivity contribution is 0.0496. The van der Waals surface area contributed by atoms with E-state index in [9.17, 15) is 4.79 Å².